The molecule has 3 nitrogen and oxygen atoms in total. The van der Waals surface area contributed by atoms with Crippen molar-refractivity contribution in [3.63, 3.8) is 0 Å². The molecule has 0 saturated carbocycles. The minimum absolute atomic E-state index is 0.267. The van der Waals surface area contributed by atoms with Crippen LogP contribution >= 0.6 is 12.2 Å². The fraction of sp³-hybridized carbons (Fsp3) is 0.125. The Hall–Kier alpha value is -1.29. The summed E-state index contributed by atoms with van der Waals surface area (Å²) in [5.41, 5.74) is 13.6. The van der Waals surface area contributed by atoms with Gasteiger partial charge in [-0.25, -0.2) is 0 Å². The maximum atomic E-state index is 5.57. The van der Waals surface area contributed by atoms with Crippen molar-refractivity contribution in [1.82, 2.24) is 0 Å². The van der Waals surface area contributed by atoms with Crippen molar-refractivity contribution in [2.24, 2.45) is 5.73 Å². The van der Waals surface area contributed by atoms with Gasteiger partial charge in [-0.2, -0.15) is 0 Å². The molecule has 0 bridgehead atoms. The predicted octanol–water partition coefficient (Wildman–Crippen LogP) is 1.23. The van der Waals surface area contributed by atoms with Crippen molar-refractivity contribution < 1.29 is 0 Å². The lowest BCUT2D eigenvalue weighted by Crippen LogP contribution is -2.19. The molecule has 0 amide bonds. The molecule has 0 spiro atoms. The Morgan fingerprint density at radius 3 is 2.67 bits per heavy atom. The molecule has 64 valence electrons. The number of nitrogens with one attached hydrogen (secondary N) is 1. The molecule has 0 fully saturated rings. The normalized spacial score (nSPS) is 9.42. The van der Waals surface area contributed by atoms with Gasteiger partial charge in [0.05, 0.1) is 0 Å². The molecule has 4 heteroatoms. The van der Waals surface area contributed by atoms with E-state index in [1.54, 1.807) is 6.07 Å². The van der Waals surface area contributed by atoms with Crippen LogP contribution in [0.3, 0.4) is 0 Å². The number of hydrogen-bond donors (Lipinski definition) is 3. The van der Waals surface area contributed by atoms with Crippen LogP contribution in [0.2, 0.25) is 0 Å². The molecule has 0 aliphatic rings. The third-order valence-corrected chi connectivity index (χ3v) is 1.61. The van der Waals surface area contributed by atoms with E-state index in [1.165, 1.54) is 0 Å². The fourth-order valence-corrected chi connectivity index (χ4v) is 1.07. The second-order valence-corrected chi connectivity index (χ2v) is 3.00. The Labute approximate surface area is 76.7 Å². The van der Waals surface area contributed by atoms with Gasteiger partial charge < -0.3 is 16.8 Å². The number of hydrogen-bond acceptors (Lipinski definition) is 2. The highest BCUT2D eigenvalue weighted by molar-refractivity contribution is 7.80. The molecule has 5 N–H and O–H groups in total. The first kappa shape index (κ1) is 8.80. The first-order chi connectivity index (χ1) is 5.59. The smallest absolute Gasteiger partial charge is 0.168 e. The van der Waals surface area contributed by atoms with Gasteiger partial charge in [0, 0.05) is 11.4 Å². The molecular formula is C8H11N3S. The number of nitrogen functional groups attached to an aromatic ring is 1. The highest BCUT2D eigenvalue weighted by Crippen LogP contribution is 2.16. The van der Waals surface area contributed by atoms with Gasteiger partial charge in [0.25, 0.3) is 0 Å². The second kappa shape index (κ2) is 3.40. The van der Waals surface area contributed by atoms with Crippen molar-refractivity contribution in [1.29, 1.82) is 0 Å². The van der Waals surface area contributed by atoms with Gasteiger partial charge in [-0.1, -0.05) is 0 Å². The number of thiocarbonyl (C=S) groups is 1. The summed E-state index contributed by atoms with van der Waals surface area (Å²) in [7, 11) is 0. The van der Waals surface area contributed by atoms with Crippen LogP contribution in [-0.4, -0.2) is 5.11 Å². The van der Waals surface area contributed by atoms with Crippen LogP contribution in [0.5, 0.6) is 0 Å². The number of aryl methyl sites for hydroxylation is 1. The van der Waals surface area contributed by atoms with Crippen LogP contribution in [0, 0.1) is 6.92 Å². The van der Waals surface area contributed by atoms with Crippen molar-refractivity contribution in [3.05, 3.63) is 23.8 Å². The lowest BCUT2D eigenvalue weighted by molar-refractivity contribution is 1.45. The van der Waals surface area contributed by atoms with Gasteiger partial charge in [0.2, 0.25) is 0 Å². The molecular weight excluding hydrogens is 170 g/mol. The van der Waals surface area contributed by atoms with Crippen molar-refractivity contribution in [3.8, 4) is 0 Å². The zero-order valence-corrected chi connectivity index (χ0v) is 7.61. The van der Waals surface area contributed by atoms with E-state index in [9.17, 15) is 0 Å². The molecule has 1 aromatic rings. The first-order valence-electron chi connectivity index (χ1n) is 3.52. The summed E-state index contributed by atoms with van der Waals surface area (Å²) >= 11 is 4.71. The molecule has 0 aliphatic carbocycles. The average molecular weight is 181 g/mol. The SMILES string of the molecule is Cc1cc(N)ccc1NC(N)=S. The molecule has 0 heterocycles. The van der Waals surface area contributed by atoms with E-state index in [-0.39, 0.29) is 5.11 Å². The molecule has 0 radical (unpaired) electrons. The van der Waals surface area contributed by atoms with E-state index in [0.717, 1.165) is 16.9 Å². The van der Waals surface area contributed by atoms with Crippen LogP contribution in [0.25, 0.3) is 0 Å². The number of anilines is 2. The molecule has 1 rings (SSSR count). The summed E-state index contributed by atoms with van der Waals surface area (Å²) in [6.07, 6.45) is 0. The molecule has 0 aliphatic heterocycles. The Morgan fingerprint density at radius 2 is 2.17 bits per heavy atom. The Kier molecular flexibility index (Phi) is 2.50. The Bertz CT molecular complexity index is 309. The molecule has 12 heavy (non-hydrogen) atoms. The number of benzene rings is 1. The highest BCUT2D eigenvalue weighted by atomic mass is 32.1. The first-order valence-corrected chi connectivity index (χ1v) is 3.93. The third-order valence-electron chi connectivity index (χ3n) is 1.51. The lowest BCUT2D eigenvalue weighted by Gasteiger charge is -2.07. The molecule has 0 saturated heterocycles. The third kappa shape index (κ3) is 2.10. The van der Waals surface area contributed by atoms with Gasteiger partial charge in [-0.3, -0.25) is 0 Å². The van der Waals surface area contributed by atoms with E-state index >= 15 is 0 Å². The topological polar surface area (TPSA) is 64.1 Å². The van der Waals surface area contributed by atoms with E-state index < -0.39 is 0 Å². The van der Waals surface area contributed by atoms with Crippen LogP contribution in [0.15, 0.2) is 18.2 Å². The summed E-state index contributed by atoms with van der Waals surface area (Å²) in [4.78, 5) is 0. The van der Waals surface area contributed by atoms with Gasteiger partial charge in [-0.05, 0) is 42.9 Å². The summed E-state index contributed by atoms with van der Waals surface area (Å²) in [6, 6.07) is 5.51. The van der Waals surface area contributed by atoms with E-state index in [2.05, 4.69) is 5.32 Å². The van der Waals surface area contributed by atoms with Crippen LogP contribution in [0.4, 0.5) is 11.4 Å². The van der Waals surface area contributed by atoms with E-state index in [1.807, 2.05) is 19.1 Å². The molecule has 1 aromatic carbocycles. The summed E-state index contributed by atoms with van der Waals surface area (Å²) in [5, 5.41) is 3.12. The average Bonchev–Trinajstić information content (AvgIpc) is 1.94. The maximum absolute atomic E-state index is 5.57. The molecule has 0 atom stereocenters. The summed E-state index contributed by atoms with van der Waals surface area (Å²) in [5.74, 6) is 0. The quantitative estimate of drug-likeness (QED) is 0.450. The van der Waals surface area contributed by atoms with Crippen molar-refractivity contribution in [2.45, 2.75) is 6.92 Å². The lowest BCUT2D eigenvalue weighted by atomic mass is 10.2. The number of rotatable bonds is 1. The predicted molar refractivity (Wildman–Crippen MR) is 56.0 cm³/mol. The second-order valence-electron chi connectivity index (χ2n) is 2.56. The monoisotopic (exact) mass is 181 g/mol. The van der Waals surface area contributed by atoms with Gasteiger partial charge in [-0.15, -0.1) is 0 Å². The zero-order valence-electron chi connectivity index (χ0n) is 6.79. The van der Waals surface area contributed by atoms with Crippen LogP contribution in [0.1, 0.15) is 5.56 Å². The van der Waals surface area contributed by atoms with Crippen molar-refractivity contribution >= 4 is 28.7 Å². The van der Waals surface area contributed by atoms with Crippen LogP contribution in [-0.2, 0) is 0 Å². The molecule has 0 aromatic heterocycles. The highest BCUT2D eigenvalue weighted by Gasteiger charge is 1.97. The van der Waals surface area contributed by atoms with Gasteiger partial charge in [0.1, 0.15) is 0 Å². The van der Waals surface area contributed by atoms with E-state index in [4.69, 9.17) is 23.7 Å². The Morgan fingerprint density at radius 1 is 1.50 bits per heavy atom. The van der Waals surface area contributed by atoms with E-state index in [0.29, 0.717) is 0 Å². The fourth-order valence-electron chi connectivity index (χ4n) is 0.960. The summed E-state index contributed by atoms with van der Waals surface area (Å²) in [6.45, 7) is 1.94. The summed E-state index contributed by atoms with van der Waals surface area (Å²) < 4.78 is 0. The zero-order chi connectivity index (χ0) is 9.14. The Balaban J connectivity index is 2.93. The molecule has 0 unspecified atom stereocenters. The maximum Gasteiger partial charge on any atom is 0.168 e. The van der Waals surface area contributed by atoms with Crippen LogP contribution < -0.4 is 16.8 Å². The van der Waals surface area contributed by atoms with Gasteiger partial charge in [0.15, 0.2) is 5.11 Å². The van der Waals surface area contributed by atoms with Crippen molar-refractivity contribution in [2.75, 3.05) is 11.1 Å². The largest absolute Gasteiger partial charge is 0.399 e. The van der Waals surface area contributed by atoms with Gasteiger partial charge >= 0.3 is 0 Å². The minimum atomic E-state index is 0.267. The standard InChI is InChI=1S/C8H11N3S/c1-5-4-6(9)2-3-7(5)11-8(10)12/h2-4H,9H2,1H3,(H3,10,11,12). The number of nitrogens with two attached hydrogens (primary N) is 2. The minimum Gasteiger partial charge on any atom is -0.399 e.